The summed E-state index contributed by atoms with van der Waals surface area (Å²) in [6, 6.07) is 75.2. The van der Waals surface area contributed by atoms with E-state index in [-0.39, 0.29) is 0 Å². The third kappa shape index (κ3) is 4.39. The lowest BCUT2D eigenvalue weighted by atomic mass is 9.90. The van der Waals surface area contributed by atoms with E-state index >= 15 is 0 Å². The molecule has 0 radical (unpaired) electrons. The summed E-state index contributed by atoms with van der Waals surface area (Å²) in [6.45, 7) is 0. The Bertz CT molecular complexity index is 3850. The summed E-state index contributed by atoms with van der Waals surface area (Å²) in [5, 5.41) is 20.9. The van der Waals surface area contributed by atoms with Gasteiger partial charge in [0.1, 0.15) is 0 Å². The van der Waals surface area contributed by atoms with Crippen LogP contribution >= 0.6 is 0 Å². The maximum Gasteiger partial charge on any atom is 0.0553 e. The highest BCUT2D eigenvalue weighted by Gasteiger charge is 2.20. The Balaban J connectivity index is 0.931. The van der Waals surface area contributed by atoms with Crippen LogP contribution < -0.4 is 0 Å². The van der Waals surface area contributed by atoms with Crippen molar-refractivity contribution in [2.45, 2.75) is 0 Å². The Kier molecular flexibility index (Phi) is 6.08. The fraction of sp³-hybridized carbons (Fsp3) is 0. The van der Waals surface area contributed by atoms with Crippen LogP contribution in [0.3, 0.4) is 0 Å². The fourth-order valence-electron chi connectivity index (χ4n) is 10.7. The molecule has 0 saturated heterocycles. The van der Waals surface area contributed by atoms with Gasteiger partial charge in [0.15, 0.2) is 0 Å². The first kappa shape index (κ1) is 31.4. The summed E-state index contributed by atoms with van der Waals surface area (Å²) >= 11 is 0. The van der Waals surface area contributed by atoms with Crippen LogP contribution in [0.1, 0.15) is 0 Å². The van der Waals surface area contributed by atoms with Crippen molar-refractivity contribution in [3.05, 3.63) is 200 Å². The molecule has 13 aromatic carbocycles. The maximum atomic E-state index is 2.49. The van der Waals surface area contributed by atoms with Crippen LogP contribution in [0.15, 0.2) is 200 Å². The van der Waals surface area contributed by atoms with Gasteiger partial charge in [0.25, 0.3) is 0 Å². The molecule has 1 heterocycles. The topological polar surface area (TPSA) is 4.93 Å². The van der Waals surface area contributed by atoms with Gasteiger partial charge >= 0.3 is 0 Å². The van der Waals surface area contributed by atoms with Crippen molar-refractivity contribution < 1.29 is 0 Å². The minimum absolute atomic E-state index is 1.17. The second-order valence-corrected chi connectivity index (χ2v) is 16.5. The van der Waals surface area contributed by atoms with E-state index in [0.717, 1.165) is 0 Å². The van der Waals surface area contributed by atoms with Gasteiger partial charge in [-0.05, 0) is 169 Å². The highest BCUT2D eigenvalue weighted by Crippen LogP contribution is 2.45. The second kappa shape index (κ2) is 11.4. The van der Waals surface area contributed by atoms with Crippen molar-refractivity contribution in [2.24, 2.45) is 0 Å². The minimum Gasteiger partial charge on any atom is -0.309 e. The Morgan fingerprint density at radius 1 is 0.203 bits per heavy atom. The molecule has 0 atom stereocenters. The third-order valence-corrected chi connectivity index (χ3v) is 13.3. The van der Waals surface area contributed by atoms with E-state index < -0.39 is 0 Å². The molecule has 1 nitrogen and oxygen atoms in total. The van der Waals surface area contributed by atoms with Gasteiger partial charge in [-0.2, -0.15) is 0 Å². The molecule has 0 N–H and O–H groups in total. The maximum absolute atomic E-state index is 2.49. The van der Waals surface area contributed by atoms with Gasteiger partial charge in [-0.1, -0.05) is 140 Å². The smallest absolute Gasteiger partial charge is 0.0553 e. The zero-order valence-electron chi connectivity index (χ0n) is 32.0. The normalized spacial score (nSPS) is 12.4. The highest BCUT2D eigenvalue weighted by atomic mass is 15.0. The summed E-state index contributed by atoms with van der Waals surface area (Å²) < 4.78 is 2.49. The fourth-order valence-corrected chi connectivity index (χ4v) is 10.7. The third-order valence-electron chi connectivity index (χ3n) is 13.3. The van der Waals surface area contributed by atoms with Gasteiger partial charge in [-0.25, -0.2) is 0 Å². The number of aromatic nitrogens is 1. The molecule has 0 amide bonds. The molecule has 14 aromatic rings. The molecule has 1 heteroatoms. The van der Waals surface area contributed by atoms with Gasteiger partial charge in [-0.15, -0.1) is 0 Å². The molecule has 14 rings (SSSR count). The molecule has 0 saturated carbocycles. The predicted octanol–water partition coefficient (Wildman–Crippen LogP) is 16.2. The summed E-state index contributed by atoms with van der Waals surface area (Å²) in [5.41, 5.74) is 11.0. The van der Waals surface area contributed by atoms with E-state index in [1.165, 1.54) is 136 Å². The number of rotatable bonds is 4. The van der Waals surface area contributed by atoms with Gasteiger partial charge in [-0.3, -0.25) is 0 Å². The van der Waals surface area contributed by atoms with Crippen molar-refractivity contribution in [3.8, 4) is 39.1 Å². The first-order valence-corrected chi connectivity index (χ1v) is 20.6. The molecule has 0 aliphatic rings. The minimum atomic E-state index is 1.17. The van der Waals surface area contributed by atoms with Gasteiger partial charge in [0, 0.05) is 16.5 Å². The van der Waals surface area contributed by atoms with Crippen molar-refractivity contribution in [1.29, 1.82) is 0 Å². The quantitative estimate of drug-likeness (QED) is 0.158. The van der Waals surface area contributed by atoms with Crippen LogP contribution in [0.5, 0.6) is 0 Å². The van der Waals surface area contributed by atoms with Crippen LogP contribution in [0, 0.1) is 0 Å². The molecular weight excluding hydrogens is 711 g/mol. The summed E-state index contributed by atoms with van der Waals surface area (Å²) in [7, 11) is 0. The first-order valence-electron chi connectivity index (χ1n) is 20.6. The van der Waals surface area contributed by atoms with Crippen LogP contribution in [0.2, 0.25) is 0 Å². The van der Waals surface area contributed by atoms with E-state index in [4.69, 9.17) is 0 Å². The molecule has 0 aliphatic carbocycles. The molecule has 0 bridgehead atoms. The van der Waals surface area contributed by atoms with E-state index in [0.29, 0.717) is 0 Å². The Morgan fingerprint density at radius 2 is 0.508 bits per heavy atom. The molecule has 0 spiro atoms. The Morgan fingerprint density at radius 3 is 0.915 bits per heavy atom. The molecule has 0 fully saturated rings. The first-order chi connectivity index (χ1) is 29.2. The largest absolute Gasteiger partial charge is 0.309 e. The van der Waals surface area contributed by atoms with Crippen LogP contribution in [-0.4, -0.2) is 4.57 Å². The summed E-state index contributed by atoms with van der Waals surface area (Å²) in [6.07, 6.45) is 0. The zero-order valence-corrected chi connectivity index (χ0v) is 32.0. The number of para-hydroxylation sites is 1. The molecule has 59 heavy (non-hydrogen) atoms. The molecule has 1 aromatic heterocycles. The van der Waals surface area contributed by atoms with Crippen molar-refractivity contribution >= 4 is 97.2 Å². The lowest BCUT2D eigenvalue weighted by Gasteiger charge is -2.14. The monoisotopic (exact) mass is 743 g/mol. The number of hydrogen-bond donors (Lipinski definition) is 0. The molecular formula is C58H33N. The van der Waals surface area contributed by atoms with Gasteiger partial charge in [0.2, 0.25) is 0 Å². The van der Waals surface area contributed by atoms with Crippen molar-refractivity contribution in [2.75, 3.05) is 0 Å². The Hall–Kier alpha value is -7.74. The van der Waals surface area contributed by atoms with Crippen LogP contribution in [0.25, 0.3) is 136 Å². The molecule has 0 unspecified atom stereocenters. The van der Waals surface area contributed by atoms with E-state index in [1.54, 1.807) is 0 Å². The van der Waals surface area contributed by atoms with Crippen molar-refractivity contribution in [3.63, 3.8) is 0 Å². The highest BCUT2D eigenvalue weighted by molar-refractivity contribution is 6.27. The number of nitrogens with zero attached hydrogens (tertiary/aromatic N) is 1. The van der Waals surface area contributed by atoms with Crippen LogP contribution in [-0.2, 0) is 0 Å². The van der Waals surface area contributed by atoms with Crippen molar-refractivity contribution in [1.82, 2.24) is 4.57 Å². The zero-order chi connectivity index (χ0) is 38.3. The van der Waals surface area contributed by atoms with E-state index in [2.05, 4.69) is 205 Å². The van der Waals surface area contributed by atoms with Gasteiger partial charge in [0.05, 0.1) is 11.0 Å². The standard InChI is InChI=1S/C58H33N/c1-2-10-50(11-3-1)59-51-32-48(35-14-12-34(13-15-35)46-26-40-20-16-36-6-4-7-37-17-21-41(27-46)55(40)53(36)37)30-44-24-25-45-31-49(33-52(59)58(45)57(44)51)47-28-42-22-18-38-8-5-9-39-19-23-43(29-47)56(42)54(38)39/h1-33H. The average molecular weight is 744 g/mol. The lowest BCUT2D eigenvalue weighted by Crippen LogP contribution is -1.94. The number of benzene rings is 13. The Labute approximate surface area is 339 Å². The predicted molar refractivity (Wildman–Crippen MR) is 253 cm³/mol. The SMILES string of the molecule is c1ccc(-n2c3cc(-c4ccc(-c5cc6ccc7cccc8ccc(c5)c6c78)cc4)cc4ccc5cc(-c6cc7ccc8cccc9ccc(c6)c7c89)cc2c5c43)cc1. The van der Waals surface area contributed by atoms with E-state index in [9.17, 15) is 0 Å². The summed E-state index contributed by atoms with van der Waals surface area (Å²) in [5.74, 6) is 0. The summed E-state index contributed by atoms with van der Waals surface area (Å²) in [4.78, 5) is 0. The second-order valence-electron chi connectivity index (χ2n) is 16.5. The van der Waals surface area contributed by atoms with Gasteiger partial charge < -0.3 is 4.57 Å². The molecule has 270 valence electrons. The van der Waals surface area contributed by atoms with E-state index in [1.807, 2.05) is 0 Å². The molecule has 0 aliphatic heterocycles. The lowest BCUT2D eigenvalue weighted by molar-refractivity contribution is 1.18. The van der Waals surface area contributed by atoms with Crippen LogP contribution in [0.4, 0.5) is 0 Å². The number of hydrogen-bond acceptors (Lipinski definition) is 0. The average Bonchev–Trinajstić information content (AvgIpc) is 3.64.